The van der Waals surface area contributed by atoms with Gasteiger partial charge in [-0.3, -0.25) is 0 Å². The van der Waals surface area contributed by atoms with Crippen LogP contribution in [0.5, 0.6) is 0 Å². The van der Waals surface area contributed by atoms with Crippen molar-refractivity contribution in [2.45, 2.75) is 32.6 Å². The second-order valence-electron chi connectivity index (χ2n) is 3.75. The first-order valence-electron chi connectivity index (χ1n) is 5.71. The minimum absolute atomic E-state index is 0.177. The minimum Gasteiger partial charge on any atom is -0.383 e. The summed E-state index contributed by atoms with van der Waals surface area (Å²) in [5.74, 6) is 0.989. The smallest absolute Gasteiger partial charge is 0.261 e. The van der Waals surface area contributed by atoms with Gasteiger partial charge in [-0.15, -0.1) is 0 Å². The highest BCUT2D eigenvalue weighted by Crippen LogP contribution is 2.17. The lowest BCUT2D eigenvalue weighted by Crippen LogP contribution is -2.11. The van der Waals surface area contributed by atoms with E-state index in [0.717, 1.165) is 22.1 Å². The molecule has 7 heteroatoms. The van der Waals surface area contributed by atoms with Gasteiger partial charge in [0.2, 0.25) is 0 Å². The van der Waals surface area contributed by atoms with E-state index in [-0.39, 0.29) is 6.61 Å². The first-order valence-corrected chi connectivity index (χ1v) is 6.79. The topological polar surface area (TPSA) is 61.0 Å². The van der Waals surface area contributed by atoms with Crippen molar-refractivity contribution in [3.8, 4) is 0 Å². The molecule has 2 N–H and O–H groups in total. The highest BCUT2D eigenvalue weighted by atomic mass is 127. The van der Waals surface area contributed by atoms with E-state index in [4.69, 9.17) is 10.5 Å². The van der Waals surface area contributed by atoms with Gasteiger partial charge in [-0.25, -0.2) is 18.7 Å². The highest BCUT2D eigenvalue weighted by Gasteiger charge is 2.09. The van der Waals surface area contributed by atoms with Crippen molar-refractivity contribution in [3.63, 3.8) is 0 Å². The standard InChI is InChI=1S/C11H16F2IN3O/c1-2-3-7-10(14)11(15)17-9(16-7)4-5-18-6-8(12)13/h8H,2-6H2,1H3,(H2,15,16,17). The van der Waals surface area contributed by atoms with Crippen LogP contribution < -0.4 is 5.73 Å². The molecule has 0 saturated heterocycles. The molecule has 0 aromatic carbocycles. The lowest BCUT2D eigenvalue weighted by Gasteiger charge is -2.08. The van der Waals surface area contributed by atoms with Crippen LogP contribution in [-0.2, 0) is 17.6 Å². The van der Waals surface area contributed by atoms with Crippen LogP contribution in [0.4, 0.5) is 14.6 Å². The molecule has 0 saturated carbocycles. The molecule has 0 spiro atoms. The average molecular weight is 371 g/mol. The molecule has 0 aliphatic rings. The van der Waals surface area contributed by atoms with Crippen molar-refractivity contribution in [2.75, 3.05) is 18.9 Å². The van der Waals surface area contributed by atoms with Crippen molar-refractivity contribution in [3.05, 3.63) is 15.1 Å². The number of alkyl halides is 2. The van der Waals surface area contributed by atoms with Crippen LogP contribution in [-0.4, -0.2) is 29.6 Å². The Morgan fingerprint density at radius 2 is 2.06 bits per heavy atom. The molecule has 102 valence electrons. The fourth-order valence-corrected chi connectivity index (χ4v) is 1.93. The van der Waals surface area contributed by atoms with Gasteiger partial charge in [0.05, 0.1) is 15.9 Å². The van der Waals surface area contributed by atoms with Crippen LogP contribution >= 0.6 is 22.6 Å². The first-order chi connectivity index (χ1) is 8.54. The van der Waals surface area contributed by atoms with E-state index in [0.29, 0.717) is 18.1 Å². The van der Waals surface area contributed by atoms with Crippen molar-refractivity contribution in [2.24, 2.45) is 0 Å². The third-order valence-electron chi connectivity index (χ3n) is 2.19. The van der Waals surface area contributed by atoms with Gasteiger partial charge in [0.25, 0.3) is 6.43 Å². The fraction of sp³-hybridized carbons (Fsp3) is 0.636. The Hall–Kier alpha value is -0.570. The van der Waals surface area contributed by atoms with Crippen molar-refractivity contribution >= 4 is 28.4 Å². The number of hydrogen-bond donors (Lipinski definition) is 1. The number of hydrogen-bond acceptors (Lipinski definition) is 4. The lowest BCUT2D eigenvalue weighted by atomic mass is 10.2. The minimum atomic E-state index is -2.44. The summed E-state index contributed by atoms with van der Waals surface area (Å²) in [7, 11) is 0. The molecule has 0 bridgehead atoms. The SMILES string of the molecule is CCCc1nc(CCOCC(F)F)nc(N)c1I. The summed E-state index contributed by atoms with van der Waals surface area (Å²) in [6, 6.07) is 0. The quantitative estimate of drug-likeness (QED) is 0.591. The predicted molar refractivity (Wildman–Crippen MR) is 73.7 cm³/mol. The maximum absolute atomic E-state index is 11.9. The summed E-state index contributed by atoms with van der Waals surface area (Å²) < 4.78 is 29.4. The van der Waals surface area contributed by atoms with E-state index >= 15 is 0 Å². The van der Waals surface area contributed by atoms with Crippen LogP contribution in [0, 0.1) is 3.57 Å². The Bertz CT molecular complexity index is 391. The molecule has 1 rings (SSSR count). The summed E-state index contributed by atoms with van der Waals surface area (Å²) in [5, 5.41) is 0. The van der Waals surface area contributed by atoms with Gasteiger partial charge >= 0.3 is 0 Å². The van der Waals surface area contributed by atoms with Gasteiger partial charge < -0.3 is 10.5 Å². The van der Waals surface area contributed by atoms with Gasteiger partial charge in [0.15, 0.2) is 0 Å². The molecule has 0 aliphatic heterocycles. The van der Waals surface area contributed by atoms with Crippen LogP contribution in [0.15, 0.2) is 0 Å². The number of anilines is 1. The van der Waals surface area contributed by atoms with Crippen molar-refractivity contribution < 1.29 is 13.5 Å². The molecule has 0 unspecified atom stereocenters. The number of nitrogens with two attached hydrogens (primary N) is 1. The number of halogens is 3. The summed E-state index contributed by atoms with van der Waals surface area (Å²) in [6.45, 7) is 1.68. The summed E-state index contributed by atoms with van der Waals surface area (Å²) in [5.41, 5.74) is 6.70. The largest absolute Gasteiger partial charge is 0.383 e. The van der Waals surface area contributed by atoms with Crippen LogP contribution in [0.25, 0.3) is 0 Å². The summed E-state index contributed by atoms with van der Waals surface area (Å²) in [6.07, 6.45) is -0.253. The molecular formula is C11H16F2IN3O. The Morgan fingerprint density at radius 1 is 1.33 bits per heavy atom. The molecule has 0 atom stereocenters. The Balaban J connectivity index is 2.60. The van der Waals surface area contributed by atoms with E-state index in [2.05, 4.69) is 39.5 Å². The van der Waals surface area contributed by atoms with E-state index in [1.165, 1.54) is 0 Å². The van der Waals surface area contributed by atoms with Crippen LogP contribution in [0.1, 0.15) is 24.9 Å². The second kappa shape index (κ2) is 7.78. The number of ether oxygens (including phenoxy) is 1. The number of nitrogen functional groups attached to an aromatic ring is 1. The molecule has 1 aromatic rings. The number of rotatable bonds is 7. The zero-order valence-electron chi connectivity index (χ0n) is 10.1. The number of aryl methyl sites for hydroxylation is 1. The fourth-order valence-electron chi connectivity index (χ4n) is 1.42. The monoisotopic (exact) mass is 371 g/mol. The Kier molecular flexibility index (Phi) is 6.69. The maximum atomic E-state index is 11.9. The third kappa shape index (κ3) is 4.97. The molecule has 0 fully saturated rings. The van der Waals surface area contributed by atoms with E-state index in [9.17, 15) is 8.78 Å². The van der Waals surface area contributed by atoms with Gasteiger partial charge in [-0.1, -0.05) is 13.3 Å². The zero-order valence-corrected chi connectivity index (χ0v) is 12.3. The van der Waals surface area contributed by atoms with E-state index in [1.54, 1.807) is 0 Å². The molecule has 4 nitrogen and oxygen atoms in total. The summed E-state index contributed by atoms with van der Waals surface area (Å²) >= 11 is 2.12. The third-order valence-corrected chi connectivity index (χ3v) is 3.37. The number of nitrogens with zero attached hydrogens (tertiary/aromatic N) is 2. The molecule has 0 radical (unpaired) electrons. The zero-order chi connectivity index (χ0) is 13.5. The van der Waals surface area contributed by atoms with Crippen LogP contribution in [0.2, 0.25) is 0 Å². The first kappa shape index (κ1) is 15.5. The average Bonchev–Trinajstić information content (AvgIpc) is 2.31. The number of aromatic nitrogens is 2. The lowest BCUT2D eigenvalue weighted by molar-refractivity contribution is 0.0183. The van der Waals surface area contributed by atoms with Gasteiger partial charge in [-0.05, 0) is 29.0 Å². The predicted octanol–water partition coefficient (Wildman–Crippen LogP) is 2.44. The Morgan fingerprint density at radius 3 is 2.67 bits per heavy atom. The van der Waals surface area contributed by atoms with Gasteiger partial charge in [-0.2, -0.15) is 0 Å². The normalized spacial score (nSPS) is 11.2. The van der Waals surface area contributed by atoms with Crippen molar-refractivity contribution in [1.82, 2.24) is 9.97 Å². The van der Waals surface area contributed by atoms with E-state index in [1.807, 2.05) is 0 Å². The molecular weight excluding hydrogens is 355 g/mol. The maximum Gasteiger partial charge on any atom is 0.261 e. The molecule has 18 heavy (non-hydrogen) atoms. The highest BCUT2D eigenvalue weighted by molar-refractivity contribution is 14.1. The van der Waals surface area contributed by atoms with Gasteiger partial charge in [0, 0.05) is 6.42 Å². The second-order valence-corrected chi connectivity index (χ2v) is 4.83. The molecule has 1 aromatic heterocycles. The van der Waals surface area contributed by atoms with Crippen molar-refractivity contribution in [1.29, 1.82) is 0 Å². The van der Waals surface area contributed by atoms with Gasteiger partial charge in [0.1, 0.15) is 18.2 Å². The summed E-state index contributed by atoms with van der Waals surface area (Å²) in [4.78, 5) is 8.50. The molecule has 0 amide bonds. The van der Waals surface area contributed by atoms with E-state index < -0.39 is 13.0 Å². The molecule has 1 heterocycles. The molecule has 0 aliphatic carbocycles. The van der Waals surface area contributed by atoms with Crippen LogP contribution in [0.3, 0.4) is 0 Å². The Labute approximate surface area is 118 Å².